The lowest BCUT2D eigenvalue weighted by Gasteiger charge is -2.37. The highest BCUT2D eigenvalue weighted by Gasteiger charge is 2.35. The number of aryl methyl sites for hydroxylation is 1. The minimum Gasteiger partial charge on any atom is -0.336 e. The first-order chi connectivity index (χ1) is 14.9. The summed E-state index contributed by atoms with van der Waals surface area (Å²) >= 11 is 0. The predicted molar refractivity (Wildman–Crippen MR) is 126 cm³/mol. The highest BCUT2D eigenvalue weighted by atomic mass is 32.2. The second-order valence-electron chi connectivity index (χ2n) is 10.5. The molecule has 0 aliphatic carbocycles. The van der Waals surface area contributed by atoms with Crippen LogP contribution >= 0.6 is 0 Å². The number of amides is 1. The van der Waals surface area contributed by atoms with Gasteiger partial charge in [-0.15, -0.1) is 0 Å². The van der Waals surface area contributed by atoms with E-state index in [2.05, 4.69) is 39.5 Å². The molecule has 2 saturated heterocycles. The van der Waals surface area contributed by atoms with Crippen LogP contribution in [0.5, 0.6) is 0 Å². The molecule has 0 spiro atoms. The standard InChI is InChI=1S/C23H35N5O3S/c1-15(2)19-13-18(20-16(3)25-28(21(20)24-19)23(4,5)6)22(29)27-10-8-26(9-11-27)17-7-12-32(30,31)14-17/h13,15,17H,7-12,14H2,1-6H3. The molecule has 0 bridgehead atoms. The van der Waals surface area contributed by atoms with Gasteiger partial charge in [0.1, 0.15) is 0 Å². The van der Waals surface area contributed by atoms with E-state index in [-0.39, 0.29) is 34.9 Å². The van der Waals surface area contributed by atoms with Crippen LogP contribution in [-0.4, -0.2) is 82.6 Å². The van der Waals surface area contributed by atoms with E-state index in [1.165, 1.54) is 0 Å². The number of carbonyl (C=O) groups excluding carboxylic acids is 1. The first kappa shape index (κ1) is 23.2. The van der Waals surface area contributed by atoms with Gasteiger partial charge in [-0.2, -0.15) is 5.10 Å². The molecule has 1 amide bonds. The number of hydrogen-bond donors (Lipinski definition) is 0. The van der Waals surface area contributed by atoms with Gasteiger partial charge in [-0.25, -0.2) is 18.1 Å². The molecule has 0 aromatic carbocycles. The first-order valence-electron chi connectivity index (χ1n) is 11.5. The Hall–Kier alpha value is -2.00. The summed E-state index contributed by atoms with van der Waals surface area (Å²) in [5.74, 6) is 0.723. The third-order valence-electron chi connectivity index (χ3n) is 6.62. The number of pyridine rings is 1. The summed E-state index contributed by atoms with van der Waals surface area (Å²) in [6.45, 7) is 15.0. The molecule has 2 aliphatic heterocycles. The number of rotatable bonds is 3. The molecule has 176 valence electrons. The Morgan fingerprint density at radius 3 is 2.34 bits per heavy atom. The van der Waals surface area contributed by atoms with Gasteiger partial charge in [-0.05, 0) is 46.1 Å². The molecule has 32 heavy (non-hydrogen) atoms. The van der Waals surface area contributed by atoms with Gasteiger partial charge in [0.15, 0.2) is 15.5 Å². The maximum Gasteiger partial charge on any atom is 0.254 e. The van der Waals surface area contributed by atoms with Crippen LogP contribution in [0.3, 0.4) is 0 Å². The van der Waals surface area contributed by atoms with Crippen molar-refractivity contribution in [2.45, 2.75) is 65.5 Å². The highest BCUT2D eigenvalue weighted by Crippen LogP contribution is 2.30. The predicted octanol–water partition coefficient (Wildman–Crippen LogP) is 2.56. The van der Waals surface area contributed by atoms with Crippen molar-refractivity contribution in [2.24, 2.45) is 0 Å². The van der Waals surface area contributed by atoms with Crippen molar-refractivity contribution in [3.8, 4) is 0 Å². The van der Waals surface area contributed by atoms with Gasteiger partial charge in [0.25, 0.3) is 5.91 Å². The van der Waals surface area contributed by atoms with Crippen molar-refractivity contribution in [2.75, 3.05) is 37.7 Å². The van der Waals surface area contributed by atoms with E-state index in [9.17, 15) is 13.2 Å². The van der Waals surface area contributed by atoms with Crippen LogP contribution in [0.2, 0.25) is 0 Å². The van der Waals surface area contributed by atoms with Crippen molar-refractivity contribution < 1.29 is 13.2 Å². The van der Waals surface area contributed by atoms with Crippen LogP contribution in [0.4, 0.5) is 0 Å². The highest BCUT2D eigenvalue weighted by molar-refractivity contribution is 7.91. The summed E-state index contributed by atoms with van der Waals surface area (Å²) in [6.07, 6.45) is 0.699. The van der Waals surface area contributed by atoms with Crippen LogP contribution in [0, 0.1) is 6.92 Å². The molecule has 0 saturated carbocycles. The lowest BCUT2D eigenvalue weighted by Crippen LogP contribution is -2.52. The van der Waals surface area contributed by atoms with Gasteiger partial charge in [0.2, 0.25) is 0 Å². The second kappa shape index (κ2) is 8.09. The Morgan fingerprint density at radius 2 is 1.81 bits per heavy atom. The minimum atomic E-state index is -2.91. The third kappa shape index (κ3) is 4.29. The topological polar surface area (TPSA) is 88.4 Å². The van der Waals surface area contributed by atoms with E-state index in [0.29, 0.717) is 38.2 Å². The van der Waals surface area contributed by atoms with Gasteiger partial charge in [0.05, 0.1) is 33.7 Å². The normalized spacial score (nSPS) is 22.2. The Balaban J connectivity index is 1.63. The fourth-order valence-electron chi connectivity index (χ4n) is 4.76. The van der Waals surface area contributed by atoms with Crippen molar-refractivity contribution in [3.63, 3.8) is 0 Å². The summed E-state index contributed by atoms with van der Waals surface area (Å²) < 4.78 is 25.6. The fourth-order valence-corrected chi connectivity index (χ4v) is 6.53. The number of nitrogens with zero attached hydrogens (tertiary/aromatic N) is 5. The molecule has 1 unspecified atom stereocenters. The largest absolute Gasteiger partial charge is 0.336 e. The van der Waals surface area contributed by atoms with E-state index >= 15 is 0 Å². The summed E-state index contributed by atoms with van der Waals surface area (Å²) in [7, 11) is -2.91. The molecular formula is C23H35N5O3S. The van der Waals surface area contributed by atoms with Crippen molar-refractivity contribution in [1.29, 1.82) is 0 Å². The lowest BCUT2D eigenvalue weighted by atomic mass is 10.0. The fraction of sp³-hybridized carbons (Fsp3) is 0.696. The molecule has 0 radical (unpaired) electrons. The molecule has 4 heterocycles. The van der Waals surface area contributed by atoms with Crippen LogP contribution in [0.1, 0.15) is 68.7 Å². The molecule has 0 N–H and O–H groups in total. The van der Waals surface area contributed by atoms with Crippen molar-refractivity contribution >= 4 is 26.8 Å². The monoisotopic (exact) mass is 461 g/mol. The van der Waals surface area contributed by atoms with E-state index in [4.69, 9.17) is 10.1 Å². The maximum atomic E-state index is 13.7. The molecule has 2 aromatic rings. The van der Waals surface area contributed by atoms with E-state index in [1.54, 1.807) is 0 Å². The van der Waals surface area contributed by atoms with Crippen molar-refractivity contribution in [1.82, 2.24) is 24.6 Å². The minimum absolute atomic E-state index is 0.00885. The van der Waals surface area contributed by atoms with E-state index in [1.807, 2.05) is 22.6 Å². The number of aromatic nitrogens is 3. The molecule has 1 atom stereocenters. The zero-order chi connectivity index (χ0) is 23.4. The molecule has 8 nitrogen and oxygen atoms in total. The second-order valence-corrected chi connectivity index (χ2v) is 12.7. The van der Waals surface area contributed by atoms with Crippen LogP contribution < -0.4 is 0 Å². The average molecular weight is 462 g/mol. The Kier molecular flexibility index (Phi) is 5.86. The maximum absolute atomic E-state index is 13.7. The van der Waals surface area contributed by atoms with Gasteiger partial charge in [-0.3, -0.25) is 9.69 Å². The molecule has 2 aromatic heterocycles. The number of piperazine rings is 1. The molecule has 2 fully saturated rings. The first-order valence-corrected chi connectivity index (χ1v) is 13.3. The summed E-state index contributed by atoms with van der Waals surface area (Å²) in [6, 6.07) is 2.03. The van der Waals surface area contributed by atoms with Crippen molar-refractivity contribution in [3.05, 3.63) is 23.0 Å². The average Bonchev–Trinajstić information content (AvgIpc) is 3.26. The van der Waals surface area contributed by atoms with E-state index in [0.717, 1.165) is 22.4 Å². The number of carbonyl (C=O) groups is 1. The van der Waals surface area contributed by atoms with E-state index < -0.39 is 9.84 Å². The third-order valence-corrected chi connectivity index (χ3v) is 8.37. The molecular weight excluding hydrogens is 426 g/mol. The number of hydrogen-bond acceptors (Lipinski definition) is 6. The summed E-state index contributed by atoms with van der Waals surface area (Å²) in [5, 5.41) is 5.58. The zero-order valence-corrected chi connectivity index (χ0v) is 20.9. The quantitative estimate of drug-likeness (QED) is 0.698. The van der Waals surface area contributed by atoms with Crippen LogP contribution in [-0.2, 0) is 15.4 Å². The zero-order valence-electron chi connectivity index (χ0n) is 20.1. The summed E-state index contributed by atoms with van der Waals surface area (Å²) in [5.41, 5.74) is 2.89. The molecule has 4 rings (SSSR count). The van der Waals surface area contributed by atoms with Crippen LogP contribution in [0.15, 0.2) is 6.07 Å². The smallest absolute Gasteiger partial charge is 0.254 e. The van der Waals surface area contributed by atoms with Gasteiger partial charge >= 0.3 is 0 Å². The van der Waals surface area contributed by atoms with Gasteiger partial charge in [-0.1, -0.05) is 13.8 Å². The SMILES string of the molecule is Cc1nn(C(C)(C)C)c2nc(C(C)C)cc(C(=O)N3CCN(C4CCS(=O)(=O)C4)CC3)c12. The summed E-state index contributed by atoms with van der Waals surface area (Å²) in [4.78, 5) is 22.7. The molecule has 9 heteroatoms. The van der Waals surface area contributed by atoms with Crippen LogP contribution in [0.25, 0.3) is 11.0 Å². The Labute approximate surface area is 190 Å². The van der Waals surface area contributed by atoms with Gasteiger partial charge in [0, 0.05) is 37.9 Å². The Bertz CT molecular complexity index is 1140. The Morgan fingerprint density at radius 1 is 1.16 bits per heavy atom. The number of sulfone groups is 1. The van der Waals surface area contributed by atoms with Gasteiger partial charge < -0.3 is 4.90 Å². The number of fused-ring (bicyclic) bond motifs is 1. The molecule has 2 aliphatic rings. The lowest BCUT2D eigenvalue weighted by molar-refractivity contribution is 0.0589.